The molecule has 0 aliphatic rings. The third-order valence-electron chi connectivity index (χ3n) is 1.07. The number of allylic oxidation sites excluding steroid dienone is 2. The summed E-state index contributed by atoms with van der Waals surface area (Å²) in [6.45, 7) is 4.95. The Labute approximate surface area is 71.5 Å². The first-order valence-electron chi connectivity index (χ1n) is 3.24. The molecule has 12 heavy (non-hydrogen) atoms. The monoisotopic (exact) mass is 189 g/mol. The van der Waals surface area contributed by atoms with Crippen LogP contribution in [0.15, 0.2) is 24.3 Å². The Balaban J connectivity index is 4.09. The molecule has 1 atom stereocenters. The highest BCUT2D eigenvalue weighted by molar-refractivity contribution is 7.32. The Bertz CT molecular complexity index is 232. The van der Waals surface area contributed by atoms with Crippen molar-refractivity contribution in [3.05, 3.63) is 24.3 Å². The van der Waals surface area contributed by atoms with Crippen LogP contribution in [-0.4, -0.2) is 10.9 Å². The molecule has 0 aromatic rings. The topological polar surface area (TPSA) is 63.6 Å². The van der Waals surface area contributed by atoms with Crippen molar-refractivity contribution >= 4 is 14.2 Å². The van der Waals surface area contributed by atoms with Crippen molar-refractivity contribution in [1.29, 1.82) is 0 Å². The second kappa shape index (κ2) is 5.63. The lowest BCUT2D eigenvalue weighted by Gasteiger charge is -1.89. The second-order valence-corrected chi connectivity index (χ2v) is 2.69. The third kappa shape index (κ3) is 4.77. The Morgan fingerprint density at radius 2 is 2.33 bits per heavy atom. The van der Waals surface area contributed by atoms with Crippen molar-refractivity contribution < 1.29 is 18.8 Å². The zero-order valence-electron chi connectivity index (χ0n) is 6.69. The van der Waals surface area contributed by atoms with E-state index in [1.54, 1.807) is 12.2 Å². The molecule has 0 amide bonds. The average Bonchev–Trinajstić information content (AvgIpc) is 1.98. The molecule has 0 aromatic carbocycles. The van der Waals surface area contributed by atoms with E-state index < -0.39 is 14.2 Å². The molecule has 0 bridgehead atoms. The summed E-state index contributed by atoms with van der Waals surface area (Å²) in [4.78, 5) is 19.0. The summed E-state index contributed by atoms with van der Waals surface area (Å²) in [5.74, 6) is -0.777. The van der Waals surface area contributed by atoms with Gasteiger partial charge in [0, 0.05) is 10.1 Å². The molecule has 0 spiro atoms. The molecule has 5 heteroatoms. The molecule has 0 heterocycles. The molecule has 0 radical (unpaired) electrons. The summed E-state index contributed by atoms with van der Waals surface area (Å²) in [7, 11) is -2.85. The van der Waals surface area contributed by atoms with Gasteiger partial charge in [-0.25, -0.2) is 4.79 Å². The van der Waals surface area contributed by atoms with Crippen molar-refractivity contribution in [2.75, 3.05) is 0 Å². The minimum absolute atomic E-state index is 0.298. The maximum absolute atomic E-state index is 10.8. The Kier molecular flexibility index (Phi) is 5.17. The van der Waals surface area contributed by atoms with E-state index in [2.05, 4.69) is 11.1 Å². The minimum Gasteiger partial charge on any atom is -0.241 e. The molecule has 0 rings (SSSR count). The van der Waals surface area contributed by atoms with Gasteiger partial charge in [0.2, 0.25) is 0 Å². The molecule has 0 saturated carbocycles. The van der Waals surface area contributed by atoms with Gasteiger partial charge in [-0.15, -0.1) is 11.5 Å². The molecule has 1 N–H and O–H groups in total. The van der Waals surface area contributed by atoms with Crippen LogP contribution in [0.5, 0.6) is 0 Å². The normalized spacial score (nSPS) is 12.2. The number of carbonyl (C=O) groups is 1. The molecule has 0 aromatic heterocycles. The zero-order chi connectivity index (χ0) is 9.56. The van der Waals surface area contributed by atoms with Gasteiger partial charge in [-0.1, -0.05) is 12.2 Å². The highest BCUT2D eigenvalue weighted by atomic mass is 31.1. The number of hydrogen-bond acceptors (Lipinski definition) is 3. The Hall–Kier alpha value is -0.990. The van der Waals surface area contributed by atoms with E-state index in [-0.39, 0.29) is 0 Å². The van der Waals surface area contributed by atoms with Crippen molar-refractivity contribution in [2.24, 2.45) is 0 Å². The molecular weight excluding hydrogens is 179 g/mol. The highest BCUT2D eigenvalue weighted by Crippen LogP contribution is 2.17. The van der Waals surface area contributed by atoms with Crippen molar-refractivity contribution in [3.8, 4) is 0 Å². The standard InChI is InChI=1S/C7H9O4P/c1-3-4-5-6(2)7(8)11-12(9)10/h3,5H,1,4H2,2H3/p+1. The fourth-order valence-corrected chi connectivity index (χ4v) is 0.772. The van der Waals surface area contributed by atoms with Crippen molar-refractivity contribution in [2.45, 2.75) is 13.3 Å². The fourth-order valence-electron chi connectivity index (χ4n) is 0.486. The van der Waals surface area contributed by atoms with Gasteiger partial charge in [0.05, 0.1) is 0 Å². The molecule has 0 saturated heterocycles. The largest absolute Gasteiger partial charge is 0.750 e. The van der Waals surface area contributed by atoms with Gasteiger partial charge in [0.15, 0.2) is 0 Å². The summed E-state index contributed by atoms with van der Waals surface area (Å²) in [5, 5.41) is 0. The minimum atomic E-state index is -2.85. The van der Waals surface area contributed by atoms with Crippen LogP contribution in [0, 0.1) is 0 Å². The van der Waals surface area contributed by atoms with Gasteiger partial charge in [0.25, 0.3) is 0 Å². The van der Waals surface area contributed by atoms with E-state index in [1.807, 2.05) is 0 Å². The summed E-state index contributed by atoms with van der Waals surface area (Å²) in [5.41, 5.74) is 0.298. The lowest BCUT2D eigenvalue weighted by molar-refractivity contribution is -0.130. The number of rotatable bonds is 4. The van der Waals surface area contributed by atoms with E-state index in [1.165, 1.54) is 6.92 Å². The number of hydrogen-bond donors (Lipinski definition) is 1. The SMILES string of the molecule is C=CCC=C(C)C(=O)O[P+](=O)O. The van der Waals surface area contributed by atoms with Crippen molar-refractivity contribution in [3.63, 3.8) is 0 Å². The van der Waals surface area contributed by atoms with Crippen LogP contribution in [0.3, 0.4) is 0 Å². The molecule has 0 aliphatic carbocycles. The lowest BCUT2D eigenvalue weighted by Crippen LogP contribution is -1.99. The Morgan fingerprint density at radius 1 is 1.75 bits per heavy atom. The van der Waals surface area contributed by atoms with Crippen LogP contribution < -0.4 is 0 Å². The molecule has 0 aliphatic heterocycles. The van der Waals surface area contributed by atoms with Gasteiger partial charge in [-0.2, -0.15) is 4.52 Å². The van der Waals surface area contributed by atoms with E-state index >= 15 is 0 Å². The summed E-state index contributed by atoms with van der Waals surface area (Å²) in [6, 6.07) is 0. The third-order valence-corrected chi connectivity index (χ3v) is 1.40. The zero-order valence-corrected chi connectivity index (χ0v) is 7.58. The first-order valence-corrected chi connectivity index (χ1v) is 4.37. The second-order valence-electron chi connectivity index (χ2n) is 2.03. The average molecular weight is 189 g/mol. The summed E-state index contributed by atoms with van der Waals surface area (Å²) < 4.78 is 14.1. The molecular formula is C7H10O4P+. The van der Waals surface area contributed by atoms with E-state index in [0.717, 1.165) is 0 Å². The van der Waals surface area contributed by atoms with Crippen molar-refractivity contribution in [1.82, 2.24) is 0 Å². The summed E-state index contributed by atoms with van der Waals surface area (Å²) >= 11 is 0. The van der Waals surface area contributed by atoms with Crippen LogP contribution in [0.2, 0.25) is 0 Å². The molecule has 0 fully saturated rings. The van der Waals surface area contributed by atoms with Gasteiger partial charge in [0.1, 0.15) is 0 Å². The van der Waals surface area contributed by atoms with Crippen LogP contribution >= 0.6 is 8.25 Å². The quantitative estimate of drug-likeness (QED) is 0.415. The van der Waals surface area contributed by atoms with E-state index in [4.69, 9.17) is 4.89 Å². The van der Waals surface area contributed by atoms with Crippen LogP contribution in [-0.2, 0) is 13.9 Å². The van der Waals surface area contributed by atoms with Crippen LogP contribution in [0.1, 0.15) is 13.3 Å². The van der Waals surface area contributed by atoms with Gasteiger partial charge >= 0.3 is 14.2 Å². The molecule has 66 valence electrons. The number of carbonyl (C=O) groups excluding carboxylic acids is 1. The smallest absolute Gasteiger partial charge is 0.241 e. The van der Waals surface area contributed by atoms with Crippen LogP contribution in [0.25, 0.3) is 0 Å². The molecule has 1 unspecified atom stereocenters. The van der Waals surface area contributed by atoms with E-state index in [9.17, 15) is 9.36 Å². The van der Waals surface area contributed by atoms with Gasteiger partial charge in [-0.05, 0) is 13.3 Å². The van der Waals surface area contributed by atoms with E-state index in [0.29, 0.717) is 12.0 Å². The first kappa shape index (κ1) is 11.0. The summed E-state index contributed by atoms with van der Waals surface area (Å²) in [6.07, 6.45) is 3.70. The highest BCUT2D eigenvalue weighted by Gasteiger charge is 2.20. The Morgan fingerprint density at radius 3 is 2.75 bits per heavy atom. The predicted octanol–water partition coefficient (Wildman–Crippen LogP) is 1.70. The van der Waals surface area contributed by atoms with Crippen LogP contribution in [0.4, 0.5) is 0 Å². The molecule has 4 nitrogen and oxygen atoms in total. The lowest BCUT2D eigenvalue weighted by atomic mass is 10.2. The first-order chi connectivity index (χ1) is 5.57. The maximum Gasteiger partial charge on any atom is 0.750 e. The predicted molar refractivity (Wildman–Crippen MR) is 44.5 cm³/mol. The van der Waals surface area contributed by atoms with Gasteiger partial charge < -0.3 is 0 Å². The van der Waals surface area contributed by atoms with Gasteiger partial charge in [-0.3, -0.25) is 0 Å². The fraction of sp³-hybridized carbons (Fsp3) is 0.286. The maximum atomic E-state index is 10.8.